The fourth-order valence-electron chi connectivity index (χ4n) is 4.25. The van der Waals surface area contributed by atoms with E-state index < -0.39 is 9.84 Å². The highest BCUT2D eigenvalue weighted by atomic mass is 32.2. The highest BCUT2D eigenvalue weighted by Gasteiger charge is 2.22. The van der Waals surface area contributed by atoms with Crippen LogP contribution in [0.3, 0.4) is 0 Å². The molecule has 0 radical (unpaired) electrons. The largest absolute Gasteiger partial charge is 0.343 e. The summed E-state index contributed by atoms with van der Waals surface area (Å²) in [6.07, 6.45) is 5.88. The zero-order chi connectivity index (χ0) is 21.4. The molecule has 0 bridgehead atoms. The zero-order valence-corrected chi connectivity index (χ0v) is 18.2. The molecule has 5 rings (SSSR count). The van der Waals surface area contributed by atoms with Crippen molar-refractivity contribution in [2.75, 3.05) is 12.8 Å². The van der Waals surface area contributed by atoms with E-state index in [0.29, 0.717) is 6.54 Å². The minimum atomic E-state index is -3.41. The van der Waals surface area contributed by atoms with Crippen LogP contribution in [0, 0.1) is 0 Å². The normalized spacial score (nSPS) is 14.6. The van der Waals surface area contributed by atoms with Gasteiger partial charge in [-0.25, -0.2) is 18.4 Å². The number of fused-ring (bicyclic) bond motifs is 2. The molecule has 0 aliphatic carbocycles. The molecule has 0 fully saturated rings. The first-order valence-electron chi connectivity index (χ1n) is 10.4. The van der Waals surface area contributed by atoms with E-state index in [2.05, 4.69) is 74.2 Å². The number of sulfone groups is 1. The van der Waals surface area contributed by atoms with Crippen molar-refractivity contribution in [3.63, 3.8) is 0 Å². The molecule has 0 unspecified atom stereocenters. The summed E-state index contributed by atoms with van der Waals surface area (Å²) >= 11 is 0. The average molecular weight is 433 g/mol. The third kappa shape index (κ3) is 4.11. The van der Waals surface area contributed by atoms with Gasteiger partial charge in [-0.2, -0.15) is 0 Å². The van der Waals surface area contributed by atoms with Gasteiger partial charge in [0.05, 0.1) is 5.69 Å². The van der Waals surface area contributed by atoms with Crippen molar-refractivity contribution < 1.29 is 8.42 Å². The summed E-state index contributed by atoms with van der Waals surface area (Å²) in [6.45, 7) is 3.14. The summed E-state index contributed by atoms with van der Waals surface area (Å²) in [5.74, 6) is 0. The molecule has 2 aromatic carbocycles. The molecule has 0 saturated carbocycles. The molecule has 31 heavy (non-hydrogen) atoms. The highest BCUT2D eigenvalue weighted by Crippen LogP contribution is 2.26. The number of rotatable bonds is 5. The van der Waals surface area contributed by atoms with Gasteiger partial charge in [0.15, 0.2) is 0 Å². The number of nitrogens with zero attached hydrogens (tertiary/aromatic N) is 4. The Hall–Kier alpha value is -3.03. The van der Waals surface area contributed by atoms with Crippen LogP contribution in [0.4, 0.5) is 0 Å². The van der Waals surface area contributed by atoms with Crippen LogP contribution in [0.15, 0.2) is 72.1 Å². The van der Waals surface area contributed by atoms with Crippen molar-refractivity contribution in [2.45, 2.75) is 31.2 Å². The molecule has 158 valence electrons. The first-order valence-corrected chi connectivity index (χ1v) is 12.2. The summed E-state index contributed by atoms with van der Waals surface area (Å²) in [4.78, 5) is 10.7. The second-order valence-corrected chi connectivity index (χ2v) is 10.1. The average Bonchev–Trinajstić information content (AvgIpc) is 3.10. The predicted octanol–water partition coefficient (Wildman–Crippen LogP) is 3.44. The van der Waals surface area contributed by atoms with Gasteiger partial charge >= 0.3 is 0 Å². The van der Waals surface area contributed by atoms with Gasteiger partial charge in [-0.3, -0.25) is 4.90 Å². The molecule has 4 aromatic rings. The van der Waals surface area contributed by atoms with Gasteiger partial charge in [-0.1, -0.05) is 48.5 Å². The molecular formula is C24H24N4O2S. The molecular weight excluding hydrogens is 408 g/mol. The first kappa shape index (κ1) is 19.9. The van der Waals surface area contributed by atoms with Crippen LogP contribution in [-0.2, 0) is 35.9 Å². The second kappa shape index (κ2) is 7.90. The van der Waals surface area contributed by atoms with Crippen molar-refractivity contribution >= 4 is 20.7 Å². The monoisotopic (exact) mass is 432 g/mol. The van der Waals surface area contributed by atoms with E-state index >= 15 is 0 Å². The van der Waals surface area contributed by atoms with E-state index in [0.717, 1.165) is 43.6 Å². The minimum absolute atomic E-state index is 0.0902. The van der Waals surface area contributed by atoms with E-state index in [1.165, 1.54) is 22.0 Å². The van der Waals surface area contributed by atoms with Crippen molar-refractivity contribution in [3.8, 4) is 0 Å². The number of hydrogen-bond donors (Lipinski definition) is 0. The third-order valence-electron chi connectivity index (χ3n) is 5.80. The Bertz CT molecular complexity index is 1350. The van der Waals surface area contributed by atoms with Gasteiger partial charge in [0.25, 0.3) is 0 Å². The van der Waals surface area contributed by atoms with Gasteiger partial charge in [-0.05, 0) is 29.2 Å². The Labute approximate surface area is 182 Å². The summed E-state index contributed by atoms with van der Waals surface area (Å²) in [5, 5.41) is 1.16. The van der Waals surface area contributed by atoms with Gasteiger partial charge in [0.2, 0.25) is 15.0 Å². The standard InChI is InChI=1S/C24H24N4O2S/c1-31(29,30)24-25-13-19-11-12-27(17-22(19)26-24)15-20-16-28(14-18-7-3-2-4-8-18)23-10-6-5-9-21(20)23/h2-10,13,16H,11-12,14-15,17H2,1H3. The van der Waals surface area contributed by atoms with Crippen LogP contribution < -0.4 is 0 Å². The Morgan fingerprint density at radius 1 is 1.00 bits per heavy atom. The summed E-state index contributed by atoms with van der Waals surface area (Å²) in [7, 11) is -3.41. The Morgan fingerprint density at radius 2 is 1.77 bits per heavy atom. The fraction of sp³-hybridized carbons (Fsp3) is 0.250. The molecule has 3 heterocycles. The molecule has 1 aliphatic rings. The van der Waals surface area contributed by atoms with Crippen LogP contribution in [0.25, 0.3) is 10.9 Å². The second-order valence-electron chi connectivity index (χ2n) is 8.14. The van der Waals surface area contributed by atoms with Crippen LogP contribution in [0.2, 0.25) is 0 Å². The SMILES string of the molecule is CS(=O)(=O)c1ncc2c(n1)CN(Cc1cn(Cc3ccccc3)c3ccccc13)CC2. The van der Waals surface area contributed by atoms with Crippen molar-refractivity contribution in [2.24, 2.45) is 0 Å². The quantitative estimate of drug-likeness (QED) is 0.452. The Morgan fingerprint density at radius 3 is 2.58 bits per heavy atom. The molecule has 1 aliphatic heterocycles. The number of hydrogen-bond acceptors (Lipinski definition) is 5. The minimum Gasteiger partial charge on any atom is -0.343 e. The van der Waals surface area contributed by atoms with Gasteiger partial charge in [0, 0.05) is 55.7 Å². The van der Waals surface area contributed by atoms with Gasteiger partial charge < -0.3 is 4.57 Å². The zero-order valence-electron chi connectivity index (χ0n) is 17.4. The third-order valence-corrected chi connectivity index (χ3v) is 6.66. The smallest absolute Gasteiger partial charge is 0.247 e. The van der Waals surface area contributed by atoms with Crippen LogP contribution in [0.1, 0.15) is 22.4 Å². The summed E-state index contributed by atoms with van der Waals surface area (Å²) in [6, 6.07) is 19.0. The van der Waals surface area contributed by atoms with Crippen molar-refractivity contribution in [3.05, 3.63) is 89.4 Å². The van der Waals surface area contributed by atoms with E-state index in [-0.39, 0.29) is 5.16 Å². The fourth-order valence-corrected chi connectivity index (χ4v) is 4.77. The topological polar surface area (TPSA) is 68.1 Å². The van der Waals surface area contributed by atoms with Crippen LogP contribution >= 0.6 is 0 Å². The molecule has 0 atom stereocenters. The molecule has 0 spiro atoms. The first-order chi connectivity index (χ1) is 15.0. The lowest BCUT2D eigenvalue weighted by molar-refractivity contribution is 0.240. The Balaban J connectivity index is 1.42. The molecule has 7 heteroatoms. The number of aromatic nitrogens is 3. The lowest BCUT2D eigenvalue weighted by Gasteiger charge is -2.27. The van der Waals surface area contributed by atoms with Gasteiger partial charge in [-0.15, -0.1) is 0 Å². The van der Waals surface area contributed by atoms with E-state index in [1.54, 1.807) is 6.20 Å². The molecule has 0 amide bonds. The molecule has 6 nitrogen and oxygen atoms in total. The van der Waals surface area contributed by atoms with Crippen LogP contribution in [-0.4, -0.2) is 40.7 Å². The maximum absolute atomic E-state index is 11.8. The maximum Gasteiger partial charge on any atom is 0.247 e. The summed E-state index contributed by atoms with van der Waals surface area (Å²) in [5.41, 5.74) is 5.62. The Kier molecular flexibility index (Phi) is 5.08. The van der Waals surface area contributed by atoms with E-state index in [9.17, 15) is 8.42 Å². The molecule has 2 aromatic heterocycles. The van der Waals surface area contributed by atoms with Crippen molar-refractivity contribution in [1.29, 1.82) is 0 Å². The lowest BCUT2D eigenvalue weighted by Crippen LogP contribution is -2.31. The van der Waals surface area contributed by atoms with Crippen molar-refractivity contribution in [1.82, 2.24) is 19.4 Å². The van der Waals surface area contributed by atoms with E-state index in [4.69, 9.17) is 0 Å². The van der Waals surface area contributed by atoms with E-state index in [1.807, 2.05) is 6.07 Å². The lowest BCUT2D eigenvalue weighted by atomic mass is 10.1. The number of benzene rings is 2. The highest BCUT2D eigenvalue weighted by molar-refractivity contribution is 7.90. The maximum atomic E-state index is 11.8. The van der Waals surface area contributed by atoms with Gasteiger partial charge in [0.1, 0.15) is 0 Å². The van der Waals surface area contributed by atoms with Crippen LogP contribution in [0.5, 0.6) is 0 Å². The summed E-state index contributed by atoms with van der Waals surface area (Å²) < 4.78 is 26.0. The predicted molar refractivity (Wildman–Crippen MR) is 120 cm³/mol. The number of para-hydroxylation sites is 1. The molecule has 0 N–H and O–H groups in total. The molecule has 0 saturated heterocycles.